The molecule has 4 nitrogen and oxygen atoms in total. The summed E-state index contributed by atoms with van der Waals surface area (Å²) in [5.74, 6) is 0. The Morgan fingerprint density at radius 1 is 1.54 bits per heavy atom. The van der Waals surface area contributed by atoms with Crippen LogP contribution in [0.1, 0.15) is 12.8 Å². The first-order chi connectivity index (χ1) is 6.25. The van der Waals surface area contributed by atoms with Gasteiger partial charge in [-0.3, -0.25) is 0 Å². The molecule has 72 valence electrons. The lowest BCUT2D eigenvalue weighted by atomic mass is 10.2. The van der Waals surface area contributed by atoms with Crippen molar-refractivity contribution in [3.05, 3.63) is 9.47 Å². The van der Waals surface area contributed by atoms with Gasteiger partial charge in [0.2, 0.25) is 4.73 Å². The second-order valence-corrected chi connectivity index (χ2v) is 4.39. The number of aromatic nitrogens is 3. The lowest BCUT2D eigenvalue weighted by molar-refractivity contribution is 0.0932. The van der Waals surface area contributed by atoms with Crippen molar-refractivity contribution in [3.63, 3.8) is 0 Å². The maximum atomic E-state index is 5.50. The van der Waals surface area contributed by atoms with E-state index in [1.54, 1.807) is 4.68 Å². The Bertz CT molecular complexity index is 296. The Morgan fingerprint density at radius 2 is 2.38 bits per heavy atom. The molecule has 1 aromatic heterocycles. The second kappa shape index (κ2) is 4.06. The van der Waals surface area contributed by atoms with Crippen LogP contribution in [0.5, 0.6) is 0 Å². The summed E-state index contributed by atoms with van der Waals surface area (Å²) in [6, 6.07) is 0. The largest absolute Gasteiger partial charge is 0.376 e. The van der Waals surface area contributed by atoms with Crippen LogP contribution in [0.15, 0.2) is 9.47 Å². The summed E-state index contributed by atoms with van der Waals surface area (Å²) in [5.41, 5.74) is 0. The molecule has 0 saturated carbocycles. The molecule has 1 aliphatic rings. The Kier molecular flexibility index (Phi) is 3.00. The molecule has 1 fully saturated rings. The molecule has 13 heavy (non-hydrogen) atoms. The number of rotatable bonds is 2. The van der Waals surface area contributed by atoms with Crippen molar-refractivity contribution < 1.29 is 4.74 Å². The van der Waals surface area contributed by atoms with Gasteiger partial charge in [-0.2, -0.15) is 4.98 Å². The minimum absolute atomic E-state index is 0.296. The fourth-order valence-corrected chi connectivity index (χ4v) is 2.38. The van der Waals surface area contributed by atoms with Crippen LogP contribution < -0.4 is 0 Å². The zero-order valence-corrected chi connectivity index (χ0v) is 10.1. The van der Waals surface area contributed by atoms with Crippen molar-refractivity contribution in [2.45, 2.75) is 25.5 Å². The fraction of sp³-hybridized carbons (Fsp3) is 0.714. The Hall–Kier alpha value is 0.0600. The second-order valence-electron chi connectivity index (χ2n) is 2.97. The summed E-state index contributed by atoms with van der Waals surface area (Å²) in [7, 11) is 0. The van der Waals surface area contributed by atoms with Crippen LogP contribution in [0.2, 0.25) is 0 Å². The maximum absolute atomic E-state index is 5.50. The third-order valence-corrected chi connectivity index (χ3v) is 2.92. The molecule has 0 bridgehead atoms. The van der Waals surface area contributed by atoms with Gasteiger partial charge < -0.3 is 4.74 Å². The summed E-state index contributed by atoms with van der Waals surface area (Å²) in [5, 5.41) is 4.17. The summed E-state index contributed by atoms with van der Waals surface area (Å²) >= 11 is 6.55. The Morgan fingerprint density at radius 3 is 2.92 bits per heavy atom. The Balaban J connectivity index is 2.03. The lowest BCUT2D eigenvalue weighted by Crippen LogP contribution is -2.16. The molecule has 6 heteroatoms. The molecule has 0 spiro atoms. The number of hydrogen-bond donors (Lipinski definition) is 0. The van der Waals surface area contributed by atoms with Gasteiger partial charge in [-0.15, -0.1) is 5.10 Å². The van der Waals surface area contributed by atoms with Crippen molar-refractivity contribution in [2.75, 3.05) is 6.61 Å². The monoisotopic (exact) mass is 309 g/mol. The van der Waals surface area contributed by atoms with Crippen LogP contribution in [-0.4, -0.2) is 27.5 Å². The molecule has 1 saturated heterocycles. The van der Waals surface area contributed by atoms with Crippen LogP contribution >= 0.6 is 31.9 Å². The van der Waals surface area contributed by atoms with Gasteiger partial charge in [0.25, 0.3) is 0 Å². The van der Waals surface area contributed by atoms with Crippen LogP contribution in [0.4, 0.5) is 0 Å². The zero-order chi connectivity index (χ0) is 9.26. The van der Waals surface area contributed by atoms with E-state index in [4.69, 9.17) is 4.74 Å². The molecule has 2 rings (SSSR count). The standard InChI is InChI=1S/C7H9Br2N3O/c8-6-10-7(9)12(11-6)4-5-2-1-3-13-5/h5H,1-4H2/t5-/m1/s1. The van der Waals surface area contributed by atoms with E-state index >= 15 is 0 Å². The van der Waals surface area contributed by atoms with Gasteiger partial charge in [-0.25, -0.2) is 4.68 Å². The van der Waals surface area contributed by atoms with Gasteiger partial charge in [0.15, 0.2) is 4.73 Å². The first kappa shape index (κ1) is 9.61. The van der Waals surface area contributed by atoms with Crippen molar-refractivity contribution in [2.24, 2.45) is 0 Å². The molecular weight excluding hydrogens is 302 g/mol. The average Bonchev–Trinajstić information content (AvgIpc) is 2.63. The molecule has 0 aliphatic carbocycles. The first-order valence-corrected chi connectivity index (χ1v) is 5.72. The van der Waals surface area contributed by atoms with E-state index in [0.29, 0.717) is 10.8 Å². The van der Waals surface area contributed by atoms with Gasteiger partial charge in [-0.05, 0) is 44.7 Å². The zero-order valence-electron chi connectivity index (χ0n) is 6.91. The number of halogens is 2. The topological polar surface area (TPSA) is 39.9 Å². The van der Waals surface area contributed by atoms with E-state index in [2.05, 4.69) is 41.9 Å². The number of ether oxygens (including phenoxy) is 1. The predicted octanol–water partition coefficient (Wildman–Crippen LogP) is 1.98. The molecule has 1 aliphatic heterocycles. The van der Waals surface area contributed by atoms with Gasteiger partial charge in [0.05, 0.1) is 12.6 Å². The van der Waals surface area contributed by atoms with Crippen molar-refractivity contribution in [3.8, 4) is 0 Å². The minimum atomic E-state index is 0.296. The molecule has 0 aromatic carbocycles. The van der Waals surface area contributed by atoms with E-state index < -0.39 is 0 Å². The van der Waals surface area contributed by atoms with Gasteiger partial charge >= 0.3 is 0 Å². The van der Waals surface area contributed by atoms with Gasteiger partial charge in [0.1, 0.15) is 0 Å². The van der Waals surface area contributed by atoms with E-state index in [1.807, 2.05) is 0 Å². The van der Waals surface area contributed by atoms with Crippen molar-refractivity contribution in [1.82, 2.24) is 14.8 Å². The smallest absolute Gasteiger partial charge is 0.218 e. The molecule has 0 N–H and O–H groups in total. The van der Waals surface area contributed by atoms with Crippen LogP contribution in [0.3, 0.4) is 0 Å². The molecular formula is C7H9Br2N3O. The molecule has 2 heterocycles. The highest BCUT2D eigenvalue weighted by Gasteiger charge is 2.18. The normalized spacial score (nSPS) is 22.5. The SMILES string of the molecule is Brc1nc(Br)n(C[C@H]2CCCO2)n1. The van der Waals surface area contributed by atoms with Gasteiger partial charge in [-0.1, -0.05) is 0 Å². The summed E-state index contributed by atoms with van der Waals surface area (Å²) in [6.07, 6.45) is 2.56. The summed E-state index contributed by atoms with van der Waals surface area (Å²) < 4.78 is 8.66. The molecule has 0 unspecified atom stereocenters. The molecule has 1 aromatic rings. The van der Waals surface area contributed by atoms with Crippen LogP contribution in [0.25, 0.3) is 0 Å². The third kappa shape index (κ3) is 2.30. The average molecular weight is 311 g/mol. The van der Waals surface area contributed by atoms with Gasteiger partial charge in [0, 0.05) is 6.61 Å². The van der Waals surface area contributed by atoms with E-state index in [9.17, 15) is 0 Å². The lowest BCUT2D eigenvalue weighted by Gasteiger charge is -2.08. The van der Waals surface area contributed by atoms with E-state index in [0.717, 1.165) is 30.7 Å². The molecule has 0 amide bonds. The van der Waals surface area contributed by atoms with Crippen LogP contribution in [0, 0.1) is 0 Å². The maximum Gasteiger partial charge on any atom is 0.218 e. The molecule has 0 radical (unpaired) electrons. The highest BCUT2D eigenvalue weighted by Crippen LogP contribution is 2.17. The highest BCUT2D eigenvalue weighted by molar-refractivity contribution is 9.11. The van der Waals surface area contributed by atoms with E-state index in [-0.39, 0.29) is 0 Å². The first-order valence-electron chi connectivity index (χ1n) is 4.13. The van der Waals surface area contributed by atoms with Crippen molar-refractivity contribution >= 4 is 31.9 Å². The number of hydrogen-bond acceptors (Lipinski definition) is 3. The quantitative estimate of drug-likeness (QED) is 0.838. The Labute approximate surface area is 92.9 Å². The van der Waals surface area contributed by atoms with Crippen molar-refractivity contribution in [1.29, 1.82) is 0 Å². The third-order valence-electron chi connectivity index (χ3n) is 2.00. The minimum Gasteiger partial charge on any atom is -0.376 e. The van der Waals surface area contributed by atoms with E-state index in [1.165, 1.54) is 0 Å². The highest BCUT2D eigenvalue weighted by atomic mass is 79.9. The van der Waals surface area contributed by atoms with Crippen LogP contribution in [-0.2, 0) is 11.3 Å². The number of nitrogens with zero attached hydrogens (tertiary/aromatic N) is 3. The fourth-order valence-electron chi connectivity index (χ4n) is 1.39. The summed E-state index contributed by atoms with van der Waals surface area (Å²) in [6.45, 7) is 1.65. The molecule has 1 atom stereocenters. The predicted molar refractivity (Wildman–Crippen MR) is 54.4 cm³/mol. The summed E-state index contributed by atoms with van der Waals surface area (Å²) in [4.78, 5) is 4.08.